The van der Waals surface area contributed by atoms with Crippen LogP contribution in [-0.2, 0) is 0 Å². The first-order valence-corrected chi connectivity index (χ1v) is 4.50. The Hall–Kier alpha value is -1.31. The second-order valence-electron chi connectivity index (χ2n) is 2.68. The lowest BCUT2D eigenvalue weighted by atomic mass is 10.2. The van der Waals surface area contributed by atoms with Crippen LogP contribution in [0.5, 0.6) is 0 Å². The van der Waals surface area contributed by atoms with E-state index in [-0.39, 0.29) is 1.43 Å². The van der Waals surface area contributed by atoms with Crippen molar-refractivity contribution >= 4 is 11.4 Å². The second-order valence-corrected chi connectivity index (χ2v) is 2.68. The van der Waals surface area contributed by atoms with E-state index in [4.69, 9.17) is 5.73 Å². The number of nitrogen functional groups attached to an aromatic ring is 1. The van der Waals surface area contributed by atoms with Crippen LogP contribution in [0.25, 0.3) is 5.57 Å². The van der Waals surface area contributed by atoms with Crippen LogP contribution in [0.3, 0.4) is 0 Å². The second kappa shape index (κ2) is 5.36. The zero-order valence-corrected chi connectivity index (χ0v) is 8.89. The number of hydrogen-bond acceptors (Lipinski definition) is 2. The molecule has 1 aromatic heterocycles. The number of nitrogens with zero attached hydrogens (tertiary/aromatic N) is 1. The number of rotatable bonds is 1. The number of pyridine rings is 1. The molecule has 1 rings (SSSR count). The van der Waals surface area contributed by atoms with Gasteiger partial charge in [-0.15, -0.1) is 0 Å². The molecule has 2 nitrogen and oxygen atoms in total. The first-order valence-electron chi connectivity index (χ1n) is 4.50. The van der Waals surface area contributed by atoms with E-state index in [1.54, 1.807) is 0 Å². The summed E-state index contributed by atoms with van der Waals surface area (Å²) in [7, 11) is 0. The number of allylic oxidation sites excluding steroid dienone is 1. The van der Waals surface area contributed by atoms with E-state index in [2.05, 4.69) is 11.6 Å². The summed E-state index contributed by atoms with van der Waals surface area (Å²) in [5.74, 6) is 0.588. The zero-order chi connectivity index (χ0) is 10.4. The van der Waals surface area contributed by atoms with Crippen molar-refractivity contribution in [3.8, 4) is 0 Å². The molecular weight excluding hydrogens is 160 g/mol. The minimum atomic E-state index is 0. The van der Waals surface area contributed by atoms with Crippen LogP contribution in [0.15, 0.2) is 18.7 Å². The van der Waals surface area contributed by atoms with Crippen LogP contribution in [-0.4, -0.2) is 4.98 Å². The van der Waals surface area contributed by atoms with E-state index < -0.39 is 0 Å². The number of hydrogen-bond donors (Lipinski definition) is 1. The summed E-state index contributed by atoms with van der Waals surface area (Å²) in [4.78, 5) is 4.15. The Morgan fingerprint density at radius 2 is 2.00 bits per heavy atom. The largest absolute Gasteiger partial charge is 0.383 e. The van der Waals surface area contributed by atoms with Gasteiger partial charge in [-0.05, 0) is 31.1 Å². The molecule has 74 valence electrons. The molecule has 0 radical (unpaired) electrons. The molecule has 2 heteroatoms. The van der Waals surface area contributed by atoms with E-state index in [9.17, 15) is 0 Å². The summed E-state index contributed by atoms with van der Waals surface area (Å²) in [6, 6.07) is 3.88. The fourth-order valence-electron chi connectivity index (χ4n) is 0.782. The molecule has 0 aromatic carbocycles. The summed E-state index contributed by atoms with van der Waals surface area (Å²) >= 11 is 0. The van der Waals surface area contributed by atoms with Crippen LogP contribution >= 0.6 is 0 Å². The third-order valence-electron chi connectivity index (χ3n) is 1.57. The Labute approximate surface area is 82.0 Å². The van der Waals surface area contributed by atoms with Crippen LogP contribution in [0.2, 0.25) is 0 Å². The molecular formula is C11H20N2. The molecule has 0 aliphatic rings. The minimum Gasteiger partial charge on any atom is -0.383 e. The molecule has 0 amide bonds. The van der Waals surface area contributed by atoms with Crippen LogP contribution in [0.1, 0.15) is 33.5 Å². The van der Waals surface area contributed by atoms with Gasteiger partial charge in [0, 0.05) is 1.43 Å². The van der Waals surface area contributed by atoms with Crippen molar-refractivity contribution in [1.82, 2.24) is 4.98 Å². The van der Waals surface area contributed by atoms with Gasteiger partial charge in [0.05, 0.1) is 5.69 Å². The minimum absolute atomic E-state index is 0. The number of aromatic nitrogens is 1. The molecule has 0 saturated heterocycles. The Balaban J connectivity index is 0. The van der Waals surface area contributed by atoms with Crippen molar-refractivity contribution in [2.75, 3.05) is 5.73 Å². The highest BCUT2D eigenvalue weighted by molar-refractivity contribution is 5.60. The SMILES string of the molecule is C=C(C)c1ccc(C)c(N)n1.CC.[HH]. The topological polar surface area (TPSA) is 38.9 Å². The van der Waals surface area contributed by atoms with Crippen molar-refractivity contribution in [2.24, 2.45) is 0 Å². The number of aryl methyl sites for hydroxylation is 1. The predicted octanol–water partition coefficient (Wildman–Crippen LogP) is 3.28. The summed E-state index contributed by atoms with van der Waals surface area (Å²) in [6.45, 7) is 11.6. The molecule has 1 heterocycles. The Bertz CT molecular complexity index is 295. The van der Waals surface area contributed by atoms with Gasteiger partial charge >= 0.3 is 0 Å². The third-order valence-corrected chi connectivity index (χ3v) is 1.57. The van der Waals surface area contributed by atoms with Crippen molar-refractivity contribution in [3.05, 3.63) is 30.0 Å². The van der Waals surface area contributed by atoms with Gasteiger partial charge in [0.1, 0.15) is 5.82 Å². The van der Waals surface area contributed by atoms with Crippen molar-refractivity contribution < 1.29 is 1.43 Å². The quantitative estimate of drug-likeness (QED) is 0.720. The summed E-state index contributed by atoms with van der Waals surface area (Å²) in [5, 5.41) is 0. The maximum absolute atomic E-state index is 5.61. The van der Waals surface area contributed by atoms with Crippen LogP contribution in [0.4, 0.5) is 5.82 Å². The van der Waals surface area contributed by atoms with Crippen LogP contribution < -0.4 is 5.73 Å². The van der Waals surface area contributed by atoms with Gasteiger partial charge in [0.15, 0.2) is 0 Å². The maximum atomic E-state index is 5.61. The molecule has 0 atom stereocenters. The maximum Gasteiger partial charge on any atom is 0.126 e. The van der Waals surface area contributed by atoms with Gasteiger partial charge in [-0.2, -0.15) is 0 Å². The highest BCUT2D eigenvalue weighted by Crippen LogP contribution is 2.13. The van der Waals surface area contributed by atoms with Gasteiger partial charge in [-0.25, -0.2) is 4.98 Å². The Morgan fingerprint density at radius 3 is 2.38 bits per heavy atom. The van der Waals surface area contributed by atoms with E-state index in [1.807, 2.05) is 39.8 Å². The predicted molar refractivity (Wildman–Crippen MR) is 61.6 cm³/mol. The molecule has 0 fully saturated rings. The van der Waals surface area contributed by atoms with Gasteiger partial charge in [-0.3, -0.25) is 0 Å². The monoisotopic (exact) mass is 180 g/mol. The first kappa shape index (κ1) is 11.7. The molecule has 0 aliphatic carbocycles. The van der Waals surface area contributed by atoms with Crippen molar-refractivity contribution in [3.63, 3.8) is 0 Å². The molecule has 13 heavy (non-hydrogen) atoms. The number of nitrogens with two attached hydrogens (primary N) is 1. The third kappa shape index (κ3) is 3.28. The Morgan fingerprint density at radius 1 is 1.46 bits per heavy atom. The molecule has 2 N–H and O–H groups in total. The van der Waals surface area contributed by atoms with E-state index in [0.717, 1.165) is 16.8 Å². The van der Waals surface area contributed by atoms with Crippen molar-refractivity contribution in [1.29, 1.82) is 0 Å². The number of anilines is 1. The fraction of sp³-hybridized carbons (Fsp3) is 0.364. The van der Waals surface area contributed by atoms with E-state index in [1.165, 1.54) is 0 Å². The molecule has 0 unspecified atom stereocenters. The lowest BCUT2D eigenvalue weighted by molar-refractivity contribution is 1.24. The summed E-state index contributed by atoms with van der Waals surface area (Å²) in [5.41, 5.74) is 8.43. The molecule has 0 aliphatic heterocycles. The van der Waals surface area contributed by atoms with Gasteiger partial charge < -0.3 is 5.73 Å². The molecule has 0 spiro atoms. The first-order chi connectivity index (χ1) is 6.11. The van der Waals surface area contributed by atoms with Gasteiger partial charge in [-0.1, -0.05) is 26.5 Å². The molecule has 0 bridgehead atoms. The van der Waals surface area contributed by atoms with Crippen molar-refractivity contribution in [2.45, 2.75) is 27.7 Å². The average molecular weight is 180 g/mol. The molecule has 1 aromatic rings. The average Bonchev–Trinajstić information content (AvgIpc) is 2.13. The lowest BCUT2D eigenvalue weighted by Gasteiger charge is -2.01. The highest BCUT2D eigenvalue weighted by atomic mass is 14.8. The van der Waals surface area contributed by atoms with Gasteiger partial charge in [0.25, 0.3) is 0 Å². The summed E-state index contributed by atoms with van der Waals surface area (Å²) < 4.78 is 0. The van der Waals surface area contributed by atoms with Gasteiger partial charge in [0.2, 0.25) is 0 Å². The smallest absolute Gasteiger partial charge is 0.126 e. The van der Waals surface area contributed by atoms with Crippen LogP contribution in [0, 0.1) is 6.92 Å². The Kier molecular flexibility index (Phi) is 4.82. The highest BCUT2D eigenvalue weighted by Gasteiger charge is 1.97. The van der Waals surface area contributed by atoms with E-state index >= 15 is 0 Å². The zero-order valence-electron chi connectivity index (χ0n) is 8.89. The molecule has 0 saturated carbocycles. The lowest BCUT2D eigenvalue weighted by Crippen LogP contribution is -1.96. The van der Waals surface area contributed by atoms with E-state index in [0.29, 0.717) is 5.82 Å². The summed E-state index contributed by atoms with van der Waals surface area (Å²) in [6.07, 6.45) is 0. The normalized spacial score (nSPS) is 8.62. The standard InChI is InChI=1S/C9H12N2.C2H6.H2/c1-6(2)8-5-4-7(3)9(10)11-8;1-2;/h4-5H,1H2,2-3H3,(H2,10,11);1-2H3;1H. The fourth-order valence-corrected chi connectivity index (χ4v) is 0.782.